The summed E-state index contributed by atoms with van der Waals surface area (Å²) >= 11 is 0. The summed E-state index contributed by atoms with van der Waals surface area (Å²) in [5, 5.41) is 9.41. The van der Waals surface area contributed by atoms with Crippen molar-refractivity contribution in [3.8, 4) is 0 Å². The van der Waals surface area contributed by atoms with Crippen molar-refractivity contribution in [3.63, 3.8) is 0 Å². The van der Waals surface area contributed by atoms with Crippen LogP contribution in [-0.4, -0.2) is 35.4 Å². The van der Waals surface area contributed by atoms with Gasteiger partial charge in [0.25, 0.3) is 0 Å². The average molecular weight is 513 g/mol. The maximum Gasteiger partial charge on any atom is 0.309 e. The van der Waals surface area contributed by atoms with Crippen LogP contribution < -0.4 is 0 Å². The second-order valence-electron chi connectivity index (χ2n) is 12.7. The number of Topliss-reactive ketones (excluding diaryl/α,β-unsaturated/α-hetero) is 2. The van der Waals surface area contributed by atoms with Crippen LogP contribution >= 0.6 is 0 Å². The van der Waals surface area contributed by atoms with Crippen LogP contribution in [-0.2, 0) is 19.1 Å². The third kappa shape index (κ3) is 7.52. The van der Waals surface area contributed by atoms with Gasteiger partial charge in [0, 0.05) is 30.8 Å². The van der Waals surface area contributed by atoms with E-state index < -0.39 is 11.4 Å². The van der Waals surface area contributed by atoms with E-state index in [9.17, 15) is 19.5 Å². The summed E-state index contributed by atoms with van der Waals surface area (Å²) in [7, 11) is 1.74. The zero-order chi connectivity index (χ0) is 27.2. The molecule has 0 saturated heterocycles. The summed E-state index contributed by atoms with van der Waals surface area (Å²) in [4.78, 5) is 38.8. The highest BCUT2D eigenvalue weighted by atomic mass is 16.5. The van der Waals surface area contributed by atoms with Crippen molar-refractivity contribution in [1.29, 1.82) is 0 Å². The summed E-state index contributed by atoms with van der Waals surface area (Å²) < 4.78 is 5.55. The fourth-order valence-electron chi connectivity index (χ4n) is 6.38. The Morgan fingerprint density at radius 1 is 0.838 bits per heavy atom. The van der Waals surface area contributed by atoms with Gasteiger partial charge in [-0.25, -0.2) is 0 Å². The monoisotopic (exact) mass is 512 g/mol. The van der Waals surface area contributed by atoms with E-state index >= 15 is 0 Å². The molecule has 0 spiro atoms. The fourth-order valence-corrected chi connectivity index (χ4v) is 6.38. The predicted molar refractivity (Wildman–Crippen MR) is 147 cm³/mol. The Morgan fingerprint density at radius 2 is 1.30 bits per heavy atom. The number of ether oxygens (including phenoxy) is 1. The van der Waals surface area contributed by atoms with Gasteiger partial charge in [-0.05, 0) is 96.6 Å². The first-order valence-corrected chi connectivity index (χ1v) is 14.4. The van der Waals surface area contributed by atoms with Gasteiger partial charge in [-0.15, -0.1) is 0 Å². The number of carboxylic acid groups (broad SMARTS) is 1. The molecule has 4 atom stereocenters. The standard InChI is InChI=1S/C32H48O5/c1-31(2,30(35)36)20-10-14-22-12-8-18-26(28(22)33)24-16-6-7-17-25(24)27-19-9-13-23(29(27)34)15-11-21-32(3,4)37-5/h6-7,16-17,22-23,26-27H,8-15,18-21H2,1-5H3,(H,35,36). The number of rotatable bonds is 12. The molecule has 2 fully saturated rings. The Hall–Kier alpha value is -2.01. The molecule has 3 rings (SSSR count). The minimum Gasteiger partial charge on any atom is -0.481 e. The molecule has 2 aliphatic rings. The largest absolute Gasteiger partial charge is 0.481 e. The summed E-state index contributed by atoms with van der Waals surface area (Å²) in [5.41, 5.74) is 1.20. The average Bonchev–Trinajstić information content (AvgIpc) is 2.86. The Labute approximate surface area is 223 Å². The SMILES string of the molecule is COC(C)(C)CCCC1CCCC(c2ccccc2C2CCCC(CCCC(C)(C)C(=O)O)C2=O)C1=O. The minimum absolute atomic E-state index is 0.0182. The summed E-state index contributed by atoms with van der Waals surface area (Å²) in [6.45, 7) is 7.69. The lowest BCUT2D eigenvalue weighted by molar-refractivity contribution is -0.147. The van der Waals surface area contributed by atoms with E-state index in [1.54, 1.807) is 21.0 Å². The van der Waals surface area contributed by atoms with E-state index in [4.69, 9.17) is 4.74 Å². The quantitative estimate of drug-likeness (QED) is 0.314. The Bertz CT molecular complexity index is 946. The number of carbonyl (C=O) groups excluding carboxylic acids is 2. The molecule has 37 heavy (non-hydrogen) atoms. The molecule has 0 aromatic heterocycles. The Kier molecular flexibility index (Phi) is 10.1. The highest BCUT2D eigenvalue weighted by Crippen LogP contribution is 2.43. The molecule has 0 amide bonds. The summed E-state index contributed by atoms with van der Waals surface area (Å²) in [5.74, 6) is -0.347. The predicted octanol–water partition coefficient (Wildman–Crippen LogP) is 7.47. The highest BCUT2D eigenvalue weighted by Gasteiger charge is 2.38. The lowest BCUT2D eigenvalue weighted by atomic mass is 9.69. The van der Waals surface area contributed by atoms with E-state index in [1.807, 2.05) is 12.1 Å². The topological polar surface area (TPSA) is 80.7 Å². The molecule has 4 unspecified atom stereocenters. The number of hydrogen-bond acceptors (Lipinski definition) is 4. The molecule has 0 heterocycles. The van der Waals surface area contributed by atoms with Crippen molar-refractivity contribution in [2.24, 2.45) is 17.3 Å². The molecule has 0 aliphatic heterocycles. The number of ketones is 2. The van der Waals surface area contributed by atoms with Crippen LogP contribution in [0.2, 0.25) is 0 Å². The first-order chi connectivity index (χ1) is 17.5. The van der Waals surface area contributed by atoms with Gasteiger partial charge in [0.2, 0.25) is 0 Å². The first kappa shape index (κ1) is 29.5. The van der Waals surface area contributed by atoms with Crippen LogP contribution in [0.25, 0.3) is 0 Å². The molecule has 2 saturated carbocycles. The number of carbonyl (C=O) groups is 3. The highest BCUT2D eigenvalue weighted by molar-refractivity contribution is 5.92. The first-order valence-electron chi connectivity index (χ1n) is 14.4. The summed E-state index contributed by atoms with van der Waals surface area (Å²) in [6, 6.07) is 8.17. The molecule has 206 valence electrons. The smallest absolute Gasteiger partial charge is 0.309 e. The molecule has 1 aromatic rings. The molecular formula is C32H48O5. The van der Waals surface area contributed by atoms with Gasteiger partial charge in [-0.3, -0.25) is 14.4 Å². The van der Waals surface area contributed by atoms with Crippen LogP contribution in [0.3, 0.4) is 0 Å². The molecule has 2 aliphatic carbocycles. The van der Waals surface area contributed by atoms with E-state index in [0.717, 1.165) is 81.8 Å². The van der Waals surface area contributed by atoms with Crippen LogP contribution in [0.5, 0.6) is 0 Å². The van der Waals surface area contributed by atoms with Gasteiger partial charge in [0.1, 0.15) is 11.6 Å². The lowest BCUT2D eigenvalue weighted by Gasteiger charge is -2.34. The van der Waals surface area contributed by atoms with Gasteiger partial charge >= 0.3 is 5.97 Å². The number of aliphatic carboxylic acids is 1. The van der Waals surface area contributed by atoms with E-state index in [0.29, 0.717) is 12.2 Å². The molecule has 1 N–H and O–H groups in total. The molecule has 0 radical (unpaired) electrons. The number of methoxy groups -OCH3 is 1. The lowest BCUT2D eigenvalue weighted by Crippen LogP contribution is -2.31. The van der Waals surface area contributed by atoms with Gasteiger partial charge < -0.3 is 9.84 Å². The maximum atomic E-state index is 13.7. The second-order valence-corrected chi connectivity index (χ2v) is 12.7. The van der Waals surface area contributed by atoms with E-state index in [-0.39, 0.29) is 35.1 Å². The van der Waals surface area contributed by atoms with Crippen LogP contribution in [0.1, 0.15) is 128 Å². The molecule has 5 heteroatoms. The van der Waals surface area contributed by atoms with E-state index in [2.05, 4.69) is 26.0 Å². The van der Waals surface area contributed by atoms with Crippen molar-refractivity contribution in [2.45, 2.75) is 122 Å². The van der Waals surface area contributed by atoms with Gasteiger partial charge in [-0.1, -0.05) is 43.5 Å². The Morgan fingerprint density at radius 3 is 1.73 bits per heavy atom. The summed E-state index contributed by atoms with van der Waals surface area (Å²) in [6.07, 6.45) is 10.5. The van der Waals surface area contributed by atoms with E-state index in [1.165, 1.54) is 0 Å². The van der Waals surface area contributed by atoms with Gasteiger partial charge in [0.05, 0.1) is 11.0 Å². The third-order valence-electron chi connectivity index (χ3n) is 9.15. The van der Waals surface area contributed by atoms with Crippen LogP contribution in [0.4, 0.5) is 0 Å². The van der Waals surface area contributed by atoms with Gasteiger partial charge in [-0.2, -0.15) is 0 Å². The van der Waals surface area contributed by atoms with Crippen molar-refractivity contribution < 1.29 is 24.2 Å². The Balaban J connectivity index is 1.70. The van der Waals surface area contributed by atoms with Crippen LogP contribution in [0.15, 0.2) is 24.3 Å². The second kappa shape index (κ2) is 12.7. The fraction of sp³-hybridized carbons (Fsp3) is 0.719. The van der Waals surface area contributed by atoms with Crippen molar-refractivity contribution in [1.82, 2.24) is 0 Å². The minimum atomic E-state index is -0.785. The van der Waals surface area contributed by atoms with Crippen LogP contribution in [0, 0.1) is 17.3 Å². The molecule has 1 aromatic carbocycles. The zero-order valence-electron chi connectivity index (χ0n) is 23.7. The maximum absolute atomic E-state index is 13.7. The number of hydrogen-bond donors (Lipinski definition) is 1. The zero-order valence-corrected chi connectivity index (χ0v) is 23.7. The number of benzene rings is 1. The van der Waals surface area contributed by atoms with Gasteiger partial charge in [0.15, 0.2) is 0 Å². The normalized spacial score (nSPS) is 25.3. The third-order valence-corrected chi connectivity index (χ3v) is 9.15. The van der Waals surface area contributed by atoms with Crippen molar-refractivity contribution in [3.05, 3.63) is 35.4 Å². The van der Waals surface area contributed by atoms with Crippen molar-refractivity contribution >= 4 is 17.5 Å². The van der Waals surface area contributed by atoms with Crippen molar-refractivity contribution in [2.75, 3.05) is 7.11 Å². The molecular weight excluding hydrogens is 464 g/mol. The molecule has 5 nitrogen and oxygen atoms in total. The molecule has 0 bridgehead atoms. The number of carboxylic acids is 1.